The van der Waals surface area contributed by atoms with E-state index in [4.69, 9.17) is 0 Å². The number of amides is 1. The molecule has 3 heterocycles. The van der Waals surface area contributed by atoms with Gasteiger partial charge in [-0.05, 0) is 55.8 Å². The number of nitrogens with one attached hydrogen (secondary N) is 2. The SMILES string of the molecule is CC(C)CCn1nc(-c2cccs2)c(O)c(C2=NS(=O)(=O)c3cc(NS(=O)(=O)CN(C(=O)O)C(C)C)ccc3N2)c1=O. The highest BCUT2D eigenvalue weighted by molar-refractivity contribution is 7.92. The van der Waals surface area contributed by atoms with Crippen molar-refractivity contribution in [1.82, 2.24) is 14.7 Å². The number of sulfonamides is 2. The molecule has 0 aliphatic carbocycles. The normalized spacial score (nSPS) is 14.3. The topological polar surface area (TPSA) is 200 Å². The number of anilines is 2. The van der Waals surface area contributed by atoms with E-state index in [2.05, 4.69) is 19.5 Å². The van der Waals surface area contributed by atoms with Gasteiger partial charge in [-0.2, -0.15) is 13.5 Å². The Morgan fingerprint density at radius 1 is 1.21 bits per heavy atom. The van der Waals surface area contributed by atoms with Gasteiger partial charge in [0.05, 0.1) is 16.3 Å². The van der Waals surface area contributed by atoms with E-state index < -0.39 is 60.1 Å². The van der Waals surface area contributed by atoms with Crippen LogP contribution in [0.3, 0.4) is 0 Å². The van der Waals surface area contributed by atoms with Crippen LogP contribution < -0.4 is 15.6 Å². The number of aromatic nitrogens is 2. The summed E-state index contributed by atoms with van der Waals surface area (Å²) in [6.07, 6.45) is -0.832. The van der Waals surface area contributed by atoms with Crippen molar-refractivity contribution in [3.63, 3.8) is 0 Å². The molecule has 4 N–H and O–H groups in total. The number of benzene rings is 1. The van der Waals surface area contributed by atoms with Crippen LogP contribution in [-0.4, -0.2) is 65.6 Å². The number of thiophene rings is 1. The molecule has 14 nitrogen and oxygen atoms in total. The predicted octanol–water partition coefficient (Wildman–Crippen LogP) is 3.37. The molecule has 226 valence electrons. The van der Waals surface area contributed by atoms with Gasteiger partial charge in [0.1, 0.15) is 22.0 Å². The smallest absolute Gasteiger partial charge is 0.408 e. The summed E-state index contributed by atoms with van der Waals surface area (Å²) < 4.78 is 58.9. The van der Waals surface area contributed by atoms with Gasteiger partial charge in [0.25, 0.3) is 25.6 Å². The van der Waals surface area contributed by atoms with Crippen LogP contribution in [0.15, 0.2) is 49.8 Å². The summed E-state index contributed by atoms with van der Waals surface area (Å²) in [6.45, 7) is 7.20. The average Bonchev–Trinajstić information content (AvgIpc) is 3.41. The number of rotatable bonds is 10. The summed E-state index contributed by atoms with van der Waals surface area (Å²) in [5, 5.41) is 29.3. The van der Waals surface area contributed by atoms with Gasteiger partial charge in [-0.3, -0.25) is 14.4 Å². The second-order valence-electron chi connectivity index (χ2n) is 10.2. The second kappa shape index (κ2) is 11.7. The number of hydrogen-bond acceptors (Lipinski definition) is 10. The minimum atomic E-state index is -4.50. The number of carbonyl (C=O) groups is 1. The molecule has 0 unspecified atom stereocenters. The van der Waals surface area contributed by atoms with Crippen molar-refractivity contribution in [2.45, 2.75) is 51.6 Å². The molecule has 0 atom stereocenters. The lowest BCUT2D eigenvalue weighted by atomic mass is 10.1. The van der Waals surface area contributed by atoms with Crippen molar-refractivity contribution >= 4 is 54.7 Å². The van der Waals surface area contributed by atoms with E-state index >= 15 is 0 Å². The molecule has 0 spiro atoms. The molecule has 1 aromatic carbocycles. The molecule has 1 aliphatic rings. The minimum absolute atomic E-state index is 0.0145. The zero-order valence-corrected chi connectivity index (χ0v) is 25.5. The maximum Gasteiger partial charge on any atom is 0.408 e. The third-order valence-electron chi connectivity index (χ3n) is 6.22. The number of fused-ring (bicyclic) bond motifs is 1. The molecule has 2 aromatic heterocycles. The molecular weight excluding hydrogens is 609 g/mol. The molecule has 1 aliphatic heterocycles. The second-order valence-corrected chi connectivity index (χ2v) is 14.4. The molecule has 1 amide bonds. The number of aromatic hydroxyl groups is 1. The molecule has 0 saturated heterocycles. The number of carboxylic acid groups (broad SMARTS) is 1. The lowest BCUT2D eigenvalue weighted by Crippen LogP contribution is -2.41. The monoisotopic (exact) mass is 638 g/mol. The Balaban J connectivity index is 1.74. The largest absolute Gasteiger partial charge is 0.505 e. The van der Waals surface area contributed by atoms with Crippen LogP contribution in [0.5, 0.6) is 5.75 Å². The van der Waals surface area contributed by atoms with Crippen LogP contribution in [0.4, 0.5) is 16.2 Å². The zero-order chi connectivity index (χ0) is 31.0. The van der Waals surface area contributed by atoms with Crippen LogP contribution in [0.2, 0.25) is 0 Å². The Morgan fingerprint density at radius 2 is 1.93 bits per heavy atom. The summed E-state index contributed by atoms with van der Waals surface area (Å²) in [5.74, 6) is -1.58. The van der Waals surface area contributed by atoms with E-state index in [0.29, 0.717) is 16.2 Å². The van der Waals surface area contributed by atoms with Crippen molar-refractivity contribution < 1.29 is 31.8 Å². The quantitative estimate of drug-likeness (QED) is 0.255. The van der Waals surface area contributed by atoms with Gasteiger partial charge < -0.3 is 15.5 Å². The van der Waals surface area contributed by atoms with Crippen LogP contribution >= 0.6 is 11.3 Å². The van der Waals surface area contributed by atoms with Crippen molar-refractivity contribution in [3.05, 3.63) is 51.6 Å². The van der Waals surface area contributed by atoms with E-state index in [1.807, 2.05) is 13.8 Å². The summed E-state index contributed by atoms with van der Waals surface area (Å²) in [5.41, 5.74) is -1.18. The van der Waals surface area contributed by atoms with Gasteiger partial charge in [0.2, 0.25) is 0 Å². The van der Waals surface area contributed by atoms with Gasteiger partial charge in [-0.1, -0.05) is 19.9 Å². The van der Waals surface area contributed by atoms with Crippen LogP contribution in [0.25, 0.3) is 10.6 Å². The first-order chi connectivity index (χ1) is 19.6. The molecule has 17 heteroatoms. The molecule has 0 bridgehead atoms. The summed E-state index contributed by atoms with van der Waals surface area (Å²) in [6, 6.07) is 6.39. The molecule has 0 radical (unpaired) electrons. The van der Waals surface area contributed by atoms with Gasteiger partial charge >= 0.3 is 6.09 Å². The Bertz CT molecular complexity index is 1810. The lowest BCUT2D eigenvalue weighted by molar-refractivity contribution is 0.141. The fourth-order valence-electron chi connectivity index (χ4n) is 4.04. The number of amidine groups is 1. The first-order valence-corrected chi connectivity index (χ1v) is 16.7. The van der Waals surface area contributed by atoms with Gasteiger partial charge in [0.15, 0.2) is 11.6 Å². The molecule has 0 fully saturated rings. The minimum Gasteiger partial charge on any atom is -0.505 e. The highest BCUT2D eigenvalue weighted by atomic mass is 32.2. The third kappa shape index (κ3) is 6.57. The maximum absolute atomic E-state index is 13.4. The predicted molar refractivity (Wildman–Crippen MR) is 159 cm³/mol. The highest BCUT2D eigenvalue weighted by Crippen LogP contribution is 2.35. The molecule has 0 saturated carbocycles. The van der Waals surface area contributed by atoms with Crippen molar-refractivity contribution in [3.8, 4) is 16.3 Å². The Labute approximate surface area is 246 Å². The van der Waals surface area contributed by atoms with Crippen molar-refractivity contribution in [2.75, 3.05) is 15.9 Å². The van der Waals surface area contributed by atoms with E-state index in [9.17, 15) is 36.6 Å². The number of aryl methyl sites for hydroxylation is 1. The summed E-state index contributed by atoms with van der Waals surface area (Å²) in [4.78, 5) is 25.7. The Hall–Kier alpha value is -3.96. The van der Waals surface area contributed by atoms with Crippen molar-refractivity contribution in [2.24, 2.45) is 10.3 Å². The first kappa shape index (κ1) is 31.0. The summed E-state index contributed by atoms with van der Waals surface area (Å²) >= 11 is 1.28. The lowest BCUT2D eigenvalue weighted by Gasteiger charge is -2.24. The molecule has 42 heavy (non-hydrogen) atoms. The van der Waals surface area contributed by atoms with E-state index in [1.54, 1.807) is 17.5 Å². The number of nitrogens with zero attached hydrogens (tertiary/aromatic N) is 4. The number of hydrogen-bond donors (Lipinski definition) is 4. The van der Waals surface area contributed by atoms with E-state index in [1.165, 1.54) is 42.0 Å². The van der Waals surface area contributed by atoms with Gasteiger partial charge in [-0.25, -0.2) is 17.9 Å². The fraction of sp³-hybridized carbons (Fsp3) is 0.360. The molecule has 3 aromatic rings. The fourth-order valence-corrected chi connectivity index (χ4v) is 7.22. The van der Waals surface area contributed by atoms with Crippen LogP contribution in [0, 0.1) is 5.92 Å². The van der Waals surface area contributed by atoms with Crippen LogP contribution in [0.1, 0.15) is 39.7 Å². The summed E-state index contributed by atoms with van der Waals surface area (Å²) in [7, 11) is -8.73. The Kier molecular flexibility index (Phi) is 8.65. The zero-order valence-electron chi connectivity index (χ0n) is 23.1. The molecular formula is C25H30N6O8S3. The van der Waals surface area contributed by atoms with E-state index in [-0.39, 0.29) is 35.1 Å². The van der Waals surface area contributed by atoms with Crippen molar-refractivity contribution in [1.29, 1.82) is 0 Å². The van der Waals surface area contributed by atoms with Gasteiger partial charge in [-0.15, -0.1) is 15.7 Å². The molecule has 4 rings (SSSR count). The van der Waals surface area contributed by atoms with Gasteiger partial charge in [0, 0.05) is 12.6 Å². The highest BCUT2D eigenvalue weighted by Gasteiger charge is 2.32. The van der Waals surface area contributed by atoms with Crippen LogP contribution in [-0.2, 0) is 26.6 Å². The third-order valence-corrected chi connectivity index (χ3v) is 9.57. The first-order valence-electron chi connectivity index (χ1n) is 12.7. The standard InChI is InChI=1S/C25H30N6O8S3/c1-14(2)9-10-31-24(33)20(22(32)21(27-31)18-6-5-11-40-18)23-26-17-8-7-16(12-19(17)42(38,39)29-23)28-41(36,37)13-30(15(3)4)25(34)35/h5-8,11-12,14-15,28,32H,9-10,13H2,1-4H3,(H,26,29)(H,34,35). The average molecular weight is 639 g/mol. The maximum atomic E-state index is 13.4. The Morgan fingerprint density at radius 3 is 2.52 bits per heavy atom. The van der Waals surface area contributed by atoms with E-state index in [0.717, 1.165) is 6.07 Å².